The van der Waals surface area contributed by atoms with E-state index >= 15 is 0 Å². The van der Waals surface area contributed by atoms with Crippen LogP contribution in [-0.4, -0.2) is 22.4 Å². The molecule has 1 heterocycles. The Balaban J connectivity index is 2.00. The molecule has 3 N–H and O–H groups in total. The maximum Gasteiger partial charge on any atom is 0.294 e. The zero-order chi connectivity index (χ0) is 15.0. The van der Waals surface area contributed by atoms with Gasteiger partial charge in [0.25, 0.3) is 5.56 Å². The fourth-order valence-corrected chi connectivity index (χ4v) is 2.29. The minimum Gasteiger partial charge on any atom is -0.384 e. The van der Waals surface area contributed by atoms with E-state index < -0.39 is 0 Å². The van der Waals surface area contributed by atoms with Crippen LogP contribution in [0.4, 0.5) is 11.5 Å². The van der Waals surface area contributed by atoms with E-state index in [2.05, 4.69) is 4.98 Å². The van der Waals surface area contributed by atoms with Gasteiger partial charge < -0.3 is 15.2 Å². The SMILES string of the molecule is CN(c1cccc(C(=N)N)c1)c1nccn(C2CC2)c1=O. The first-order valence-corrected chi connectivity index (χ1v) is 6.83. The average Bonchev–Trinajstić information content (AvgIpc) is 3.31. The molecule has 0 radical (unpaired) electrons. The molecule has 1 aliphatic carbocycles. The number of rotatable bonds is 4. The van der Waals surface area contributed by atoms with Gasteiger partial charge in [-0.1, -0.05) is 12.1 Å². The molecule has 1 fully saturated rings. The van der Waals surface area contributed by atoms with Crippen molar-refractivity contribution in [3.8, 4) is 0 Å². The number of hydrogen-bond acceptors (Lipinski definition) is 4. The third kappa shape index (κ3) is 2.52. The summed E-state index contributed by atoms with van der Waals surface area (Å²) >= 11 is 0. The summed E-state index contributed by atoms with van der Waals surface area (Å²) in [5.74, 6) is 0.381. The number of amidine groups is 1. The van der Waals surface area contributed by atoms with Crippen molar-refractivity contribution in [1.29, 1.82) is 5.41 Å². The molecular formula is C15H17N5O. The number of benzene rings is 1. The Labute approximate surface area is 122 Å². The van der Waals surface area contributed by atoms with Crippen molar-refractivity contribution in [2.24, 2.45) is 5.73 Å². The third-order valence-corrected chi connectivity index (χ3v) is 3.65. The van der Waals surface area contributed by atoms with Gasteiger partial charge in [-0.3, -0.25) is 10.2 Å². The van der Waals surface area contributed by atoms with Crippen LogP contribution in [0, 0.1) is 5.41 Å². The van der Waals surface area contributed by atoms with Crippen LogP contribution >= 0.6 is 0 Å². The molecule has 0 amide bonds. The van der Waals surface area contributed by atoms with E-state index in [-0.39, 0.29) is 11.4 Å². The van der Waals surface area contributed by atoms with Crippen LogP contribution in [0.1, 0.15) is 24.4 Å². The van der Waals surface area contributed by atoms with Gasteiger partial charge in [-0.25, -0.2) is 4.98 Å². The highest BCUT2D eigenvalue weighted by atomic mass is 16.1. The zero-order valence-corrected chi connectivity index (χ0v) is 11.8. The van der Waals surface area contributed by atoms with E-state index in [1.807, 2.05) is 12.1 Å². The molecular weight excluding hydrogens is 266 g/mol. The largest absolute Gasteiger partial charge is 0.384 e. The van der Waals surface area contributed by atoms with E-state index in [0.29, 0.717) is 17.4 Å². The number of nitrogen functional groups attached to an aromatic ring is 1. The van der Waals surface area contributed by atoms with Crippen LogP contribution < -0.4 is 16.2 Å². The summed E-state index contributed by atoms with van der Waals surface area (Å²) in [6.45, 7) is 0. The first kappa shape index (κ1) is 13.4. The van der Waals surface area contributed by atoms with Crippen LogP contribution in [-0.2, 0) is 0 Å². The number of nitrogens with two attached hydrogens (primary N) is 1. The molecule has 0 atom stereocenters. The highest BCUT2D eigenvalue weighted by Crippen LogP contribution is 2.33. The molecule has 1 saturated carbocycles. The normalized spacial score (nSPS) is 14.0. The second kappa shape index (κ2) is 5.05. The maximum atomic E-state index is 12.5. The van der Waals surface area contributed by atoms with Crippen molar-refractivity contribution in [3.63, 3.8) is 0 Å². The summed E-state index contributed by atoms with van der Waals surface area (Å²) < 4.78 is 1.74. The van der Waals surface area contributed by atoms with E-state index in [9.17, 15) is 4.79 Å². The van der Waals surface area contributed by atoms with Gasteiger partial charge in [0, 0.05) is 36.7 Å². The summed E-state index contributed by atoms with van der Waals surface area (Å²) in [4.78, 5) is 18.4. The minimum atomic E-state index is -0.0873. The molecule has 1 aromatic heterocycles. The molecule has 1 aromatic carbocycles. The highest BCUT2D eigenvalue weighted by molar-refractivity contribution is 5.95. The lowest BCUT2D eigenvalue weighted by Gasteiger charge is -2.19. The highest BCUT2D eigenvalue weighted by Gasteiger charge is 2.26. The Morgan fingerprint density at radius 3 is 2.90 bits per heavy atom. The molecule has 2 aromatic rings. The standard InChI is InChI=1S/C15H17N5O/c1-19(12-4-2-3-10(9-12)13(16)17)14-15(21)20(8-7-18-14)11-5-6-11/h2-4,7-9,11H,5-6H2,1H3,(H3,16,17). The average molecular weight is 283 g/mol. The second-order valence-corrected chi connectivity index (χ2v) is 5.22. The smallest absolute Gasteiger partial charge is 0.294 e. The quantitative estimate of drug-likeness (QED) is 0.659. The molecule has 6 nitrogen and oxygen atoms in total. The summed E-state index contributed by atoms with van der Waals surface area (Å²) in [5, 5.41) is 7.50. The molecule has 6 heteroatoms. The van der Waals surface area contributed by atoms with Gasteiger partial charge in [-0.05, 0) is 25.0 Å². The summed E-state index contributed by atoms with van der Waals surface area (Å²) in [7, 11) is 1.79. The first-order valence-electron chi connectivity index (χ1n) is 6.83. The van der Waals surface area contributed by atoms with Gasteiger partial charge in [0.05, 0.1) is 0 Å². The predicted octanol–water partition coefficient (Wildman–Crippen LogP) is 1.63. The lowest BCUT2D eigenvalue weighted by molar-refractivity contribution is 0.697. The first-order chi connectivity index (χ1) is 10.1. The van der Waals surface area contributed by atoms with Gasteiger partial charge in [0.15, 0.2) is 5.82 Å². The van der Waals surface area contributed by atoms with Crippen LogP contribution in [0.15, 0.2) is 41.5 Å². The van der Waals surface area contributed by atoms with Gasteiger partial charge in [0.2, 0.25) is 0 Å². The summed E-state index contributed by atoms with van der Waals surface area (Å²) in [6, 6.07) is 7.53. The van der Waals surface area contributed by atoms with E-state index in [4.69, 9.17) is 11.1 Å². The Morgan fingerprint density at radius 2 is 2.24 bits per heavy atom. The van der Waals surface area contributed by atoms with Crippen molar-refractivity contribution in [3.05, 3.63) is 52.6 Å². The molecule has 3 rings (SSSR count). The molecule has 0 unspecified atom stereocenters. The summed E-state index contributed by atoms with van der Waals surface area (Å²) in [6.07, 6.45) is 5.49. The van der Waals surface area contributed by atoms with Crippen molar-refractivity contribution in [1.82, 2.24) is 9.55 Å². The lowest BCUT2D eigenvalue weighted by atomic mass is 10.2. The molecule has 0 saturated heterocycles. The number of hydrogen-bond donors (Lipinski definition) is 2. The van der Waals surface area contributed by atoms with Gasteiger partial charge in [-0.2, -0.15) is 0 Å². The number of nitrogens with one attached hydrogen (secondary N) is 1. The Bertz CT molecular complexity index is 748. The third-order valence-electron chi connectivity index (χ3n) is 3.65. The number of aromatic nitrogens is 2. The van der Waals surface area contributed by atoms with Crippen molar-refractivity contribution < 1.29 is 0 Å². The van der Waals surface area contributed by atoms with Crippen molar-refractivity contribution >= 4 is 17.3 Å². The van der Waals surface area contributed by atoms with Gasteiger partial charge in [-0.15, -0.1) is 0 Å². The Kier molecular flexibility index (Phi) is 3.21. The molecule has 1 aliphatic rings. The topological polar surface area (TPSA) is 88.0 Å². The van der Waals surface area contributed by atoms with Crippen LogP contribution in [0.2, 0.25) is 0 Å². The fourth-order valence-electron chi connectivity index (χ4n) is 2.29. The second-order valence-electron chi connectivity index (χ2n) is 5.22. The molecule has 21 heavy (non-hydrogen) atoms. The number of anilines is 2. The van der Waals surface area contributed by atoms with Crippen LogP contribution in [0.5, 0.6) is 0 Å². The molecule has 0 spiro atoms. The van der Waals surface area contributed by atoms with Crippen LogP contribution in [0.3, 0.4) is 0 Å². The monoisotopic (exact) mass is 283 g/mol. The molecule has 108 valence electrons. The summed E-state index contributed by atoms with van der Waals surface area (Å²) in [5.41, 5.74) is 6.82. The molecule has 0 bridgehead atoms. The van der Waals surface area contributed by atoms with Crippen molar-refractivity contribution in [2.75, 3.05) is 11.9 Å². The minimum absolute atomic E-state index is 0.00154. The lowest BCUT2D eigenvalue weighted by Crippen LogP contribution is -2.27. The van der Waals surface area contributed by atoms with E-state index in [1.54, 1.807) is 41.0 Å². The van der Waals surface area contributed by atoms with Gasteiger partial charge >= 0.3 is 0 Å². The Hall–Kier alpha value is -2.63. The maximum absolute atomic E-state index is 12.5. The van der Waals surface area contributed by atoms with Gasteiger partial charge in [0.1, 0.15) is 5.84 Å². The zero-order valence-electron chi connectivity index (χ0n) is 11.8. The van der Waals surface area contributed by atoms with Crippen LogP contribution in [0.25, 0.3) is 0 Å². The van der Waals surface area contributed by atoms with E-state index in [0.717, 1.165) is 18.5 Å². The molecule has 0 aliphatic heterocycles. The van der Waals surface area contributed by atoms with Crippen molar-refractivity contribution in [2.45, 2.75) is 18.9 Å². The van der Waals surface area contributed by atoms with E-state index in [1.165, 1.54) is 0 Å². The predicted molar refractivity (Wildman–Crippen MR) is 82.3 cm³/mol. The Morgan fingerprint density at radius 1 is 1.48 bits per heavy atom. The number of nitrogens with zero attached hydrogens (tertiary/aromatic N) is 3. The fraction of sp³-hybridized carbons (Fsp3) is 0.267.